The predicted octanol–water partition coefficient (Wildman–Crippen LogP) is 4.38. The van der Waals surface area contributed by atoms with Gasteiger partial charge in [0.1, 0.15) is 5.82 Å². The maximum Gasteiger partial charge on any atom is 0.235 e. The number of rotatable bonds is 2. The average molecular weight is 324 g/mol. The first-order valence-corrected chi connectivity index (χ1v) is 8.52. The van der Waals surface area contributed by atoms with Gasteiger partial charge in [0.25, 0.3) is 0 Å². The van der Waals surface area contributed by atoms with Gasteiger partial charge in [0, 0.05) is 17.4 Å². The molecule has 4 heteroatoms. The van der Waals surface area contributed by atoms with Gasteiger partial charge in [-0.1, -0.05) is 24.3 Å². The summed E-state index contributed by atoms with van der Waals surface area (Å²) in [7, 11) is 0. The van der Waals surface area contributed by atoms with Crippen LogP contribution in [0.25, 0.3) is 0 Å². The van der Waals surface area contributed by atoms with E-state index in [9.17, 15) is 9.18 Å². The van der Waals surface area contributed by atoms with E-state index in [1.54, 1.807) is 12.1 Å². The second-order valence-electron chi connectivity index (χ2n) is 6.96. The number of carbonyl (C=O) groups is 1. The van der Waals surface area contributed by atoms with Gasteiger partial charge in [-0.3, -0.25) is 4.79 Å². The Bertz CT molecular complexity index is 794. The van der Waals surface area contributed by atoms with Crippen molar-refractivity contribution in [3.8, 4) is 0 Å². The summed E-state index contributed by atoms with van der Waals surface area (Å²) >= 11 is 0. The van der Waals surface area contributed by atoms with Crippen molar-refractivity contribution in [2.45, 2.75) is 44.1 Å². The van der Waals surface area contributed by atoms with Gasteiger partial charge in [0.15, 0.2) is 0 Å². The van der Waals surface area contributed by atoms with Crippen LogP contribution in [-0.2, 0) is 10.2 Å². The summed E-state index contributed by atoms with van der Waals surface area (Å²) in [5.74, 6) is -0.0939. The molecule has 1 saturated carbocycles. The maximum absolute atomic E-state index is 13.5. The molecule has 3 nitrogen and oxygen atoms in total. The Morgan fingerprint density at radius 2 is 1.92 bits per heavy atom. The zero-order chi connectivity index (χ0) is 16.7. The van der Waals surface area contributed by atoms with E-state index in [0.717, 1.165) is 48.2 Å². The van der Waals surface area contributed by atoms with Gasteiger partial charge in [-0.15, -0.1) is 0 Å². The summed E-state index contributed by atoms with van der Waals surface area (Å²) in [5, 5.41) is 6.49. The molecule has 2 aromatic rings. The van der Waals surface area contributed by atoms with Crippen molar-refractivity contribution >= 4 is 17.3 Å². The van der Waals surface area contributed by atoms with Gasteiger partial charge < -0.3 is 10.6 Å². The van der Waals surface area contributed by atoms with Gasteiger partial charge in [-0.05, 0) is 61.9 Å². The van der Waals surface area contributed by atoms with Crippen LogP contribution in [-0.4, -0.2) is 11.9 Å². The number of hydrogen-bond acceptors (Lipinski definition) is 2. The molecule has 0 unspecified atom stereocenters. The SMILES string of the molecule is Cc1ccc(F)cc1NC1CCC2(CC1)C(=O)Nc1ccccc12. The van der Waals surface area contributed by atoms with E-state index >= 15 is 0 Å². The molecule has 1 aliphatic heterocycles. The summed E-state index contributed by atoms with van der Waals surface area (Å²) in [5.41, 5.74) is 3.60. The molecule has 0 atom stereocenters. The van der Waals surface area contributed by atoms with Gasteiger partial charge in [0.05, 0.1) is 5.41 Å². The minimum absolute atomic E-state index is 0.129. The van der Waals surface area contributed by atoms with Crippen LogP contribution < -0.4 is 10.6 Å². The number of para-hydroxylation sites is 1. The van der Waals surface area contributed by atoms with Gasteiger partial charge in [0.2, 0.25) is 5.91 Å². The molecule has 2 N–H and O–H groups in total. The second kappa shape index (κ2) is 5.62. The van der Waals surface area contributed by atoms with E-state index in [1.165, 1.54) is 6.07 Å². The maximum atomic E-state index is 13.5. The predicted molar refractivity (Wildman–Crippen MR) is 93.8 cm³/mol. The van der Waals surface area contributed by atoms with Gasteiger partial charge in [-0.25, -0.2) is 4.39 Å². The number of anilines is 2. The molecule has 0 bridgehead atoms. The molecule has 1 spiro atoms. The van der Waals surface area contributed by atoms with Crippen molar-refractivity contribution in [3.05, 3.63) is 59.4 Å². The number of amides is 1. The molecule has 2 aromatic carbocycles. The number of halogens is 1. The zero-order valence-electron chi connectivity index (χ0n) is 13.7. The minimum atomic E-state index is -0.383. The Kier molecular flexibility index (Phi) is 3.56. The van der Waals surface area contributed by atoms with Gasteiger partial charge >= 0.3 is 0 Å². The molecule has 2 aliphatic rings. The molecular formula is C20H21FN2O. The van der Waals surface area contributed by atoms with E-state index in [1.807, 2.05) is 25.1 Å². The van der Waals surface area contributed by atoms with E-state index in [-0.39, 0.29) is 23.2 Å². The molecule has 1 heterocycles. The van der Waals surface area contributed by atoms with Crippen LogP contribution in [0.1, 0.15) is 36.8 Å². The molecular weight excluding hydrogens is 303 g/mol. The summed E-state index contributed by atoms with van der Waals surface area (Å²) in [6, 6.07) is 13.1. The first kappa shape index (κ1) is 15.2. The fraction of sp³-hybridized carbons (Fsp3) is 0.350. The fourth-order valence-corrected chi connectivity index (χ4v) is 4.09. The van der Waals surface area contributed by atoms with Crippen molar-refractivity contribution in [3.63, 3.8) is 0 Å². The standard InChI is InChI=1S/C20H21FN2O/c1-13-6-7-14(21)12-18(13)22-15-8-10-20(11-9-15)16-4-2-3-5-17(16)23-19(20)24/h2-7,12,15,22H,8-11H2,1H3,(H,23,24). The minimum Gasteiger partial charge on any atom is -0.382 e. The lowest BCUT2D eigenvalue weighted by molar-refractivity contribution is -0.122. The Morgan fingerprint density at radius 1 is 1.17 bits per heavy atom. The lowest BCUT2D eigenvalue weighted by Gasteiger charge is -2.36. The molecule has 1 aliphatic carbocycles. The third-order valence-corrected chi connectivity index (χ3v) is 5.52. The van der Waals surface area contributed by atoms with Crippen molar-refractivity contribution in [1.82, 2.24) is 0 Å². The van der Waals surface area contributed by atoms with Crippen molar-refractivity contribution in [1.29, 1.82) is 0 Å². The highest BCUT2D eigenvalue weighted by atomic mass is 19.1. The summed E-state index contributed by atoms with van der Waals surface area (Å²) < 4.78 is 13.5. The lowest BCUT2D eigenvalue weighted by Crippen LogP contribution is -2.41. The monoisotopic (exact) mass is 324 g/mol. The Balaban J connectivity index is 1.51. The topological polar surface area (TPSA) is 41.1 Å². The third kappa shape index (κ3) is 2.37. The van der Waals surface area contributed by atoms with Gasteiger partial charge in [-0.2, -0.15) is 0 Å². The zero-order valence-corrected chi connectivity index (χ0v) is 13.7. The van der Waals surface area contributed by atoms with Crippen LogP contribution in [0.5, 0.6) is 0 Å². The first-order chi connectivity index (χ1) is 11.6. The highest BCUT2D eigenvalue weighted by Gasteiger charge is 2.48. The molecule has 0 aromatic heterocycles. The van der Waals surface area contributed by atoms with E-state index in [4.69, 9.17) is 0 Å². The lowest BCUT2D eigenvalue weighted by atomic mass is 9.69. The van der Waals surface area contributed by atoms with Crippen LogP contribution in [0.3, 0.4) is 0 Å². The van der Waals surface area contributed by atoms with Crippen LogP contribution in [0, 0.1) is 12.7 Å². The number of fused-ring (bicyclic) bond motifs is 2. The van der Waals surface area contributed by atoms with Crippen LogP contribution >= 0.6 is 0 Å². The number of nitrogens with one attached hydrogen (secondary N) is 2. The molecule has 1 fully saturated rings. The third-order valence-electron chi connectivity index (χ3n) is 5.52. The first-order valence-electron chi connectivity index (χ1n) is 8.52. The molecule has 124 valence electrons. The summed E-state index contributed by atoms with van der Waals surface area (Å²) in [6.45, 7) is 1.98. The van der Waals surface area contributed by atoms with E-state index < -0.39 is 0 Å². The van der Waals surface area contributed by atoms with Crippen molar-refractivity contribution in [2.24, 2.45) is 0 Å². The quantitative estimate of drug-likeness (QED) is 0.861. The molecule has 4 rings (SSSR count). The van der Waals surface area contributed by atoms with Crippen LogP contribution in [0.15, 0.2) is 42.5 Å². The molecule has 0 radical (unpaired) electrons. The van der Waals surface area contributed by atoms with Crippen LogP contribution in [0.4, 0.5) is 15.8 Å². The number of aryl methyl sites for hydroxylation is 1. The number of carbonyl (C=O) groups excluding carboxylic acids is 1. The molecule has 1 amide bonds. The smallest absolute Gasteiger partial charge is 0.235 e. The largest absolute Gasteiger partial charge is 0.382 e. The summed E-state index contributed by atoms with van der Waals surface area (Å²) in [4.78, 5) is 12.6. The fourth-order valence-electron chi connectivity index (χ4n) is 4.09. The van der Waals surface area contributed by atoms with E-state index in [0.29, 0.717) is 0 Å². The van der Waals surface area contributed by atoms with E-state index in [2.05, 4.69) is 16.7 Å². The highest BCUT2D eigenvalue weighted by Crippen LogP contribution is 2.47. The summed E-state index contributed by atoms with van der Waals surface area (Å²) in [6.07, 6.45) is 3.44. The van der Waals surface area contributed by atoms with Crippen LogP contribution in [0.2, 0.25) is 0 Å². The Morgan fingerprint density at radius 3 is 2.71 bits per heavy atom. The molecule has 24 heavy (non-hydrogen) atoms. The van der Waals surface area contributed by atoms with Crippen molar-refractivity contribution < 1.29 is 9.18 Å². The highest BCUT2D eigenvalue weighted by molar-refractivity contribution is 6.06. The number of benzene rings is 2. The Labute approximate surface area is 141 Å². The second-order valence-corrected chi connectivity index (χ2v) is 6.96. The normalized spacial score (nSPS) is 25.4. The average Bonchev–Trinajstić information content (AvgIpc) is 2.85. The number of hydrogen-bond donors (Lipinski definition) is 2. The Hall–Kier alpha value is -2.36. The molecule has 0 saturated heterocycles. The van der Waals surface area contributed by atoms with Crippen molar-refractivity contribution in [2.75, 3.05) is 10.6 Å².